The van der Waals surface area contributed by atoms with Crippen LogP contribution in [0.1, 0.15) is 22.4 Å². The van der Waals surface area contributed by atoms with Crippen LogP contribution >= 0.6 is 23.5 Å². The molecule has 57 heavy (non-hydrogen) atoms. The maximum absolute atomic E-state index is 3.91. The summed E-state index contributed by atoms with van der Waals surface area (Å²) in [5, 5.41) is 9.56. The van der Waals surface area contributed by atoms with Gasteiger partial charge < -0.3 is 9.88 Å². The van der Waals surface area contributed by atoms with Gasteiger partial charge in [-0.1, -0.05) is 157 Å². The zero-order valence-electron chi connectivity index (χ0n) is 31.0. The van der Waals surface area contributed by atoms with Crippen LogP contribution in [0.2, 0.25) is 0 Å². The third-order valence-electron chi connectivity index (χ3n) is 12.0. The van der Waals surface area contributed by atoms with E-state index in [0.29, 0.717) is 11.2 Å². The Bertz CT molecular complexity index is 3090. The van der Waals surface area contributed by atoms with Crippen molar-refractivity contribution in [1.82, 2.24) is 9.88 Å². The molecule has 3 aliphatic rings. The van der Waals surface area contributed by atoms with Crippen molar-refractivity contribution in [2.75, 3.05) is 0 Å². The van der Waals surface area contributed by atoms with Crippen LogP contribution in [0.5, 0.6) is 0 Å². The molecule has 0 saturated heterocycles. The molecule has 3 unspecified atom stereocenters. The van der Waals surface area contributed by atoms with Gasteiger partial charge in [0.05, 0.1) is 11.0 Å². The number of benzene rings is 8. The van der Waals surface area contributed by atoms with Crippen LogP contribution in [0, 0.1) is 0 Å². The van der Waals surface area contributed by atoms with Crippen LogP contribution in [-0.4, -0.2) is 9.82 Å². The fourth-order valence-electron chi connectivity index (χ4n) is 9.23. The summed E-state index contributed by atoms with van der Waals surface area (Å²) in [7, 11) is 0. The third-order valence-corrected chi connectivity index (χ3v) is 14.7. The van der Waals surface area contributed by atoms with Crippen LogP contribution in [0.3, 0.4) is 0 Å². The molecule has 3 atom stereocenters. The highest BCUT2D eigenvalue weighted by atomic mass is 32.2. The predicted octanol–water partition coefficient (Wildman–Crippen LogP) is 14.3. The summed E-state index contributed by atoms with van der Waals surface area (Å²) >= 11 is 4.01. The SMILES string of the molecule is C1=CC2Sc3ccc(-c4ccccc4)cc3C2C2=C1NC(c1ccc(-c3cccc4c3c3cc5ccccc5cc3n4-c3ccc(-c4ccccc4)cc3)cc1)S2. The second-order valence-electron chi connectivity index (χ2n) is 15.2. The van der Waals surface area contributed by atoms with E-state index in [1.54, 1.807) is 0 Å². The minimum Gasteiger partial charge on any atom is -0.369 e. The number of allylic oxidation sites excluding steroid dienone is 2. The molecule has 0 radical (unpaired) electrons. The zero-order chi connectivity index (χ0) is 37.5. The van der Waals surface area contributed by atoms with E-state index >= 15 is 0 Å². The van der Waals surface area contributed by atoms with Crippen LogP contribution in [0.15, 0.2) is 210 Å². The van der Waals surface area contributed by atoms with Crippen molar-refractivity contribution in [2.45, 2.75) is 21.4 Å². The summed E-state index contributed by atoms with van der Waals surface area (Å²) < 4.78 is 2.45. The number of nitrogens with one attached hydrogen (secondary N) is 1. The average molecular weight is 765 g/mol. The molecule has 9 aromatic rings. The van der Waals surface area contributed by atoms with E-state index in [1.807, 2.05) is 23.5 Å². The maximum Gasteiger partial charge on any atom is 0.102 e. The molecule has 8 aromatic carbocycles. The Balaban J connectivity index is 0.899. The van der Waals surface area contributed by atoms with Gasteiger partial charge in [0.15, 0.2) is 0 Å². The summed E-state index contributed by atoms with van der Waals surface area (Å²) in [5.41, 5.74) is 15.1. The van der Waals surface area contributed by atoms with Crippen molar-refractivity contribution in [1.29, 1.82) is 0 Å². The van der Waals surface area contributed by atoms with Gasteiger partial charge in [-0.3, -0.25) is 0 Å². The number of hydrogen-bond acceptors (Lipinski definition) is 3. The lowest BCUT2D eigenvalue weighted by atomic mass is 9.89. The van der Waals surface area contributed by atoms with Gasteiger partial charge in [-0.25, -0.2) is 0 Å². The summed E-state index contributed by atoms with van der Waals surface area (Å²) in [5.74, 6) is 0.371. The lowest BCUT2D eigenvalue weighted by Gasteiger charge is -2.22. The lowest BCUT2D eigenvalue weighted by Crippen LogP contribution is -2.16. The first-order chi connectivity index (χ1) is 28.2. The molecule has 0 bridgehead atoms. The number of nitrogens with zero attached hydrogens (tertiary/aromatic N) is 1. The molecular formula is C53H36N2S2. The summed E-state index contributed by atoms with van der Waals surface area (Å²) in [6.07, 6.45) is 4.73. The van der Waals surface area contributed by atoms with E-state index in [2.05, 4.69) is 204 Å². The van der Waals surface area contributed by atoms with Crippen molar-refractivity contribution in [3.63, 3.8) is 0 Å². The number of thioether (sulfide) groups is 2. The minimum absolute atomic E-state index is 0.168. The molecule has 0 fully saturated rings. The quantitative estimate of drug-likeness (QED) is 0.188. The Hall–Kier alpha value is -6.20. The Morgan fingerprint density at radius 1 is 0.509 bits per heavy atom. The molecule has 0 saturated carbocycles. The third kappa shape index (κ3) is 5.43. The molecular weight excluding hydrogens is 729 g/mol. The molecule has 4 heteroatoms. The van der Waals surface area contributed by atoms with Crippen molar-refractivity contribution >= 4 is 56.1 Å². The molecule has 1 N–H and O–H groups in total. The number of hydrogen-bond donors (Lipinski definition) is 1. The highest BCUT2D eigenvalue weighted by Crippen LogP contribution is 2.59. The van der Waals surface area contributed by atoms with Crippen LogP contribution in [0.4, 0.5) is 0 Å². The molecule has 2 nitrogen and oxygen atoms in total. The molecule has 3 heterocycles. The van der Waals surface area contributed by atoms with Crippen LogP contribution < -0.4 is 5.32 Å². The highest BCUT2D eigenvalue weighted by Gasteiger charge is 2.42. The standard InChI is InChI=1S/C53H36N2S2/c1-3-10-33(11-4-1)35-22-25-41(26-23-35)55-46-17-9-16-42(50(46)43-30-38-14-7-8-15-39(38)32-47(43)55)36-18-20-37(21-19-36)53-54-45-27-29-49-51(52(45)57-53)44-31-40(24-28-48(44)56-49)34-12-5-2-6-13-34/h1-32,49,51,53-54H. The van der Waals surface area contributed by atoms with E-state index < -0.39 is 0 Å². The van der Waals surface area contributed by atoms with E-state index in [-0.39, 0.29) is 5.37 Å². The van der Waals surface area contributed by atoms with E-state index in [4.69, 9.17) is 0 Å². The Labute approximate surface area is 340 Å². The van der Waals surface area contributed by atoms with Gasteiger partial charge in [-0.05, 0) is 104 Å². The Morgan fingerprint density at radius 2 is 1.18 bits per heavy atom. The fraction of sp³-hybridized carbons (Fsp3) is 0.0566. The molecule has 270 valence electrons. The summed E-state index contributed by atoms with van der Waals surface area (Å²) in [6, 6.07) is 67.1. The van der Waals surface area contributed by atoms with Gasteiger partial charge in [0.1, 0.15) is 5.37 Å². The van der Waals surface area contributed by atoms with Crippen LogP contribution in [0.25, 0.3) is 71.6 Å². The molecule has 1 aromatic heterocycles. The topological polar surface area (TPSA) is 17.0 Å². The smallest absolute Gasteiger partial charge is 0.102 e. The normalized spacial score (nSPS) is 18.2. The fourth-order valence-corrected chi connectivity index (χ4v) is 12.1. The summed E-state index contributed by atoms with van der Waals surface area (Å²) in [6.45, 7) is 0. The first-order valence-electron chi connectivity index (χ1n) is 19.7. The highest BCUT2D eigenvalue weighted by molar-refractivity contribution is 8.04. The number of fused-ring (bicyclic) bond motifs is 8. The van der Waals surface area contributed by atoms with Gasteiger partial charge in [-0.2, -0.15) is 0 Å². The van der Waals surface area contributed by atoms with Gasteiger partial charge in [0.2, 0.25) is 0 Å². The lowest BCUT2D eigenvalue weighted by molar-refractivity contribution is 0.796. The molecule has 0 spiro atoms. The Kier molecular flexibility index (Phi) is 7.64. The second kappa shape index (κ2) is 13.2. The van der Waals surface area contributed by atoms with Gasteiger partial charge in [0.25, 0.3) is 0 Å². The first kappa shape index (κ1) is 33.0. The molecule has 1 aliphatic carbocycles. The van der Waals surface area contributed by atoms with Crippen molar-refractivity contribution in [2.24, 2.45) is 0 Å². The van der Waals surface area contributed by atoms with Crippen molar-refractivity contribution in [3.05, 3.63) is 216 Å². The predicted molar refractivity (Wildman–Crippen MR) is 243 cm³/mol. The molecule has 0 amide bonds. The first-order valence-corrected chi connectivity index (χ1v) is 21.4. The zero-order valence-corrected chi connectivity index (χ0v) is 32.6. The minimum atomic E-state index is 0.168. The van der Waals surface area contributed by atoms with E-state index in [0.717, 1.165) is 5.69 Å². The van der Waals surface area contributed by atoms with E-state index in [1.165, 1.54) is 92.6 Å². The summed E-state index contributed by atoms with van der Waals surface area (Å²) in [4.78, 5) is 2.87. The van der Waals surface area contributed by atoms with Crippen molar-refractivity contribution < 1.29 is 0 Å². The van der Waals surface area contributed by atoms with E-state index in [9.17, 15) is 0 Å². The largest absolute Gasteiger partial charge is 0.369 e. The van der Waals surface area contributed by atoms with Gasteiger partial charge >= 0.3 is 0 Å². The Morgan fingerprint density at radius 3 is 1.95 bits per heavy atom. The van der Waals surface area contributed by atoms with Gasteiger partial charge in [-0.15, -0.1) is 11.8 Å². The van der Waals surface area contributed by atoms with Gasteiger partial charge in [0, 0.05) is 43.1 Å². The molecule has 2 aliphatic heterocycles. The number of rotatable bonds is 5. The van der Waals surface area contributed by atoms with Crippen molar-refractivity contribution in [3.8, 4) is 39.1 Å². The molecule has 12 rings (SSSR count). The maximum atomic E-state index is 3.91. The average Bonchev–Trinajstić information content (AvgIpc) is 3.98. The monoisotopic (exact) mass is 764 g/mol. The number of aromatic nitrogens is 1. The second-order valence-corrected chi connectivity index (χ2v) is 17.6. The van der Waals surface area contributed by atoms with Crippen LogP contribution in [-0.2, 0) is 0 Å².